The van der Waals surface area contributed by atoms with Crippen LogP contribution in [0.3, 0.4) is 0 Å². The van der Waals surface area contributed by atoms with Crippen molar-refractivity contribution >= 4 is 144 Å². The molecule has 0 unspecified atom stereocenters. The van der Waals surface area contributed by atoms with Crippen molar-refractivity contribution in [3.63, 3.8) is 0 Å². The molecule has 4 aromatic heterocycles. The van der Waals surface area contributed by atoms with Gasteiger partial charge in [-0.3, -0.25) is 0 Å². The van der Waals surface area contributed by atoms with Gasteiger partial charge in [0.15, 0.2) is 0 Å². The fraction of sp³-hybridized carbons (Fsp3) is 0.204. The molecule has 0 fully saturated rings. The van der Waals surface area contributed by atoms with Crippen LogP contribution in [0.15, 0.2) is 267 Å². The van der Waals surface area contributed by atoms with Gasteiger partial charge in [0, 0.05) is 88.6 Å². The number of para-hydroxylation sites is 6. The average Bonchev–Trinajstić information content (AvgIpc) is 1.66. The van der Waals surface area contributed by atoms with Gasteiger partial charge in [0.2, 0.25) is 0 Å². The minimum atomic E-state index is -0.509. The van der Waals surface area contributed by atoms with E-state index in [0.717, 1.165) is 101 Å². The second kappa shape index (κ2) is 22.6. The molecular weight excluding hydrogens is 1270 g/mol. The fourth-order valence-corrected chi connectivity index (χ4v) is 17.2. The van der Waals surface area contributed by atoms with Crippen LogP contribution in [-0.4, -0.2) is 25.0 Å². The Kier molecular flexibility index (Phi) is 12.1. The van der Waals surface area contributed by atoms with Crippen molar-refractivity contribution in [2.75, 3.05) is 9.80 Å². The van der Waals surface area contributed by atoms with E-state index in [1.165, 1.54) is 43.8 Å². The average molecular weight is 1370 g/mol. The number of hydrogen-bond acceptors (Lipinski definition) is 2. The highest BCUT2D eigenvalue weighted by Crippen LogP contribution is 2.53. The van der Waals surface area contributed by atoms with Crippen LogP contribution in [0, 0.1) is 0 Å². The van der Waals surface area contributed by atoms with Gasteiger partial charge in [-0.15, -0.1) is 0 Å². The highest BCUT2D eigenvalue weighted by Gasteiger charge is 2.46. The van der Waals surface area contributed by atoms with Crippen molar-refractivity contribution in [3.8, 4) is 22.7 Å². The molecule has 19 rings (SSSR count). The summed E-state index contributed by atoms with van der Waals surface area (Å²) < 4.78 is 85.8. The smallest absolute Gasteiger partial charge is 0.252 e. The molecular formula is C98H89BN6. The summed E-state index contributed by atoms with van der Waals surface area (Å²) in [6.07, 6.45) is 0. The largest absolute Gasteiger partial charge is 0.309 e. The highest BCUT2D eigenvalue weighted by atomic mass is 15.2. The molecule has 7 heteroatoms. The Labute approximate surface area is 628 Å². The molecule has 105 heavy (non-hydrogen) atoms. The summed E-state index contributed by atoms with van der Waals surface area (Å²) in [5, 5.41) is 6.85. The van der Waals surface area contributed by atoms with Crippen LogP contribution >= 0.6 is 0 Å². The van der Waals surface area contributed by atoms with E-state index >= 15 is 0 Å². The van der Waals surface area contributed by atoms with Crippen LogP contribution in [0.25, 0.3) is 110 Å². The van der Waals surface area contributed by atoms with Crippen molar-refractivity contribution < 1.29 is 11.0 Å². The first kappa shape index (κ1) is 56.2. The van der Waals surface area contributed by atoms with Crippen LogP contribution in [0.4, 0.5) is 34.1 Å². The van der Waals surface area contributed by atoms with Crippen LogP contribution in [0.5, 0.6) is 0 Å². The van der Waals surface area contributed by atoms with Gasteiger partial charge < -0.3 is 28.1 Å². The Morgan fingerprint density at radius 3 is 0.933 bits per heavy atom. The summed E-state index contributed by atoms with van der Waals surface area (Å²) in [6, 6.07) is 77.4. The van der Waals surface area contributed by atoms with Crippen LogP contribution < -0.4 is 26.2 Å². The summed E-state index contributed by atoms with van der Waals surface area (Å²) in [7, 11) is 0. The Bertz CT molecular complexity index is 6460. The Hall–Kier alpha value is -11.3. The van der Waals surface area contributed by atoms with Gasteiger partial charge in [0.25, 0.3) is 6.71 Å². The summed E-state index contributed by atoms with van der Waals surface area (Å²) in [6.45, 7) is 33.7. The summed E-state index contributed by atoms with van der Waals surface area (Å²) >= 11 is 0. The van der Waals surface area contributed by atoms with Crippen LogP contribution in [0.1, 0.15) is 143 Å². The molecule has 0 atom stereocenters. The number of aromatic nitrogens is 4. The van der Waals surface area contributed by atoms with E-state index in [1.807, 2.05) is 84.9 Å². The van der Waals surface area contributed by atoms with Gasteiger partial charge in [-0.05, 0) is 205 Å². The number of benzene rings is 13. The molecule has 0 bridgehead atoms. The minimum absolute atomic E-state index is 0.117. The van der Waals surface area contributed by atoms with Gasteiger partial charge in [0.05, 0.1) is 66.5 Å². The zero-order valence-electron chi connectivity index (χ0n) is 70.5. The van der Waals surface area contributed by atoms with Gasteiger partial charge in [-0.2, -0.15) is 0 Å². The van der Waals surface area contributed by atoms with E-state index in [4.69, 9.17) is 0 Å². The van der Waals surface area contributed by atoms with Crippen LogP contribution in [-0.2, 0) is 27.1 Å². The first-order valence-corrected chi connectivity index (χ1v) is 37.0. The van der Waals surface area contributed by atoms with Gasteiger partial charge >= 0.3 is 0 Å². The quantitative estimate of drug-likeness (QED) is 0.155. The maximum absolute atomic E-state index is 9.92. The Morgan fingerprint density at radius 2 is 0.590 bits per heavy atom. The highest BCUT2D eigenvalue weighted by molar-refractivity contribution is 7.00. The molecule has 0 radical (unpaired) electrons. The van der Waals surface area contributed by atoms with Gasteiger partial charge in [-0.1, -0.05) is 237 Å². The molecule has 0 N–H and O–H groups in total. The van der Waals surface area contributed by atoms with E-state index in [0.29, 0.717) is 43.6 Å². The molecule has 2 aliphatic rings. The molecule has 0 saturated heterocycles. The molecule has 0 amide bonds. The lowest BCUT2D eigenvalue weighted by molar-refractivity contribution is 0.590. The number of nitrogens with zero attached hydrogens (tertiary/aromatic N) is 6. The second-order valence-corrected chi connectivity index (χ2v) is 34.5. The summed E-state index contributed by atoms with van der Waals surface area (Å²) in [5.74, 6) is 0. The monoisotopic (exact) mass is 1370 g/mol. The Balaban J connectivity index is 0.995. The van der Waals surface area contributed by atoms with E-state index in [9.17, 15) is 11.0 Å². The third-order valence-corrected chi connectivity index (χ3v) is 22.7. The predicted octanol–water partition coefficient (Wildman–Crippen LogP) is 24.6. The van der Waals surface area contributed by atoms with Crippen molar-refractivity contribution in [2.45, 2.75) is 131 Å². The van der Waals surface area contributed by atoms with Crippen molar-refractivity contribution in [1.29, 1.82) is 0 Å². The van der Waals surface area contributed by atoms with Gasteiger partial charge in [-0.25, -0.2) is 0 Å². The van der Waals surface area contributed by atoms with Crippen molar-refractivity contribution in [3.05, 3.63) is 295 Å². The van der Waals surface area contributed by atoms with E-state index in [2.05, 4.69) is 265 Å². The lowest BCUT2D eigenvalue weighted by Gasteiger charge is -2.45. The molecule has 0 aliphatic carbocycles. The normalized spacial score (nSPS) is 14.7. The molecule has 6 heterocycles. The zero-order chi connectivity index (χ0) is 79.2. The van der Waals surface area contributed by atoms with E-state index < -0.39 is 12.1 Å². The topological polar surface area (TPSA) is 26.2 Å². The van der Waals surface area contributed by atoms with E-state index in [-0.39, 0.29) is 70.0 Å². The maximum Gasteiger partial charge on any atom is 0.252 e. The maximum atomic E-state index is 9.92. The number of hydrogen-bond donors (Lipinski definition) is 0. The number of rotatable bonds is 6. The molecule has 0 saturated carbocycles. The Morgan fingerprint density at radius 1 is 0.248 bits per heavy atom. The molecule has 2 aliphatic heterocycles. The molecule has 514 valence electrons. The number of anilines is 6. The van der Waals surface area contributed by atoms with Crippen molar-refractivity contribution in [1.82, 2.24) is 18.3 Å². The molecule has 13 aromatic carbocycles. The first-order chi connectivity index (χ1) is 53.6. The summed E-state index contributed by atoms with van der Waals surface area (Å²) in [4.78, 5) is 4.87. The first-order valence-electron chi connectivity index (χ1n) is 41.0. The van der Waals surface area contributed by atoms with Crippen LogP contribution in [0.2, 0.25) is 0 Å². The lowest BCUT2D eigenvalue weighted by atomic mass is 9.33. The van der Waals surface area contributed by atoms with Gasteiger partial charge in [0.1, 0.15) is 0 Å². The SMILES string of the molecule is [2H]c1c([2H])c([2H])c2c(c1[2H])c1cccc(N3c4cc(-n5c6ccc(C(C)(C)C)cc6c6cc(C(C)(C)C)ccc65)ccc4B4c5ccc(-n6c7ccc(C(C)(C)C)cc7c7cc(C(C)(C)C)ccc76)cc5N(c5cccc6c7c([2H])c([2H])c([2H])c([2H])c7n(-c7ccccc7)c56)c5cc(C(C)(C)C)cc3c54)c1n2-c1ccccc1. The predicted molar refractivity (Wildman–Crippen MR) is 451 cm³/mol. The van der Waals surface area contributed by atoms with E-state index in [1.54, 1.807) is 0 Å². The third-order valence-electron chi connectivity index (χ3n) is 22.7. The molecule has 0 spiro atoms. The second-order valence-electron chi connectivity index (χ2n) is 34.5. The lowest BCUT2D eigenvalue weighted by Crippen LogP contribution is -2.61. The third kappa shape index (κ3) is 9.82. The molecule has 6 nitrogen and oxygen atoms in total. The fourth-order valence-electron chi connectivity index (χ4n) is 17.2. The van der Waals surface area contributed by atoms with Crippen molar-refractivity contribution in [2.24, 2.45) is 0 Å². The summed E-state index contributed by atoms with van der Waals surface area (Å²) in [5.41, 5.74) is 23.0. The molecule has 17 aromatic rings. The number of fused-ring (bicyclic) bond motifs is 16. The zero-order valence-corrected chi connectivity index (χ0v) is 62.5. The standard InChI is InChI=1S/C98H89BN6/c1-94(2,3)60-40-48-81-73(52-60)74-53-61(95(4,5)6)41-49-82(74)100(81)67-44-46-77-87(58-67)104(85-38-26-34-71-69-32-22-24-36-79(69)102(92(71)85)65-28-18-16-19-29-65)89-56-64(98(13,14)15)57-90-91(89)99(77)78-47-45-68(101-83-50-42-62(96(7,8)9)54-75(83)76-55-63(97(10,11)12)43-51-84(76)101)59-88(78)105(90)86-39-27-35-72-70-33-23-25-37-80(70)103(93(72)86)66-30-20-17-21-31-66/h16-59H,1-15H3/i22D,23D,24D,25D,32D,33D,36D,37D. The minimum Gasteiger partial charge on any atom is -0.309 e.